The highest BCUT2D eigenvalue weighted by atomic mass is 32.2. The summed E-state index contributed by atoms with van der Waals surface area (Å²) in [6.07, 6.45) is -0.845. The number of rotatable bonds is 11. The fraction of sp³-hybridized carbons (Fsp3) is 0.333. The first-order valence-corrected chi connectivity index (χ1v) is 14.7. The first kappa shape index (κ1) is 30.5. The van der Waals surface area contributed by atoms with Gasteiger partial charge in [0.1, 0.15) is 11.7 Å². The number of benzene rings is 2. The third-order valence-electron chi connectivity index (χ3n) is 6.54. The van der Waals surface area contributed by atoms with Gasteiger partial charge in [0.2, 0.25) is 5.91 Å². The van der Waals surface area contributed by atoms with Crippen LogP contribution in [0.1, 0.15) is 35.9 Å². The number of carbonyl (C=O) groups is 4. The monoisotopic (exact) mass is 591 g/mol. The molecule has 1 aliphatic rings. The van der Waals surface area contributed by atoms with Crippen molar-refractivity contribution < 1.29 is 29.0 Å². The Balaban J connectivity index is 1.53. The molecule has 3 aromatic rings. The highest BCUT2D eigenvalue weighted by Crippen LogP contribution is 2.24. The normalized spacial score (nSPS) is 13.7. The van der Waals surface area contributed by atoms with Crippen LogP contribution in [0.2, 0.25) is 0 Å². The summed E-state index contributed by atoms with van der Waals surface area (Å²) in [6, 6.07) is 19.6. The number of hydrogen-bond acceptors (Lipinski definition) is 8. The Morgan fingerprint density at radius 1 is 0.952 bits per heavy atom. The summed E-state index contributed by atoms with van der Waals surface area (Å²) in [4.78, 5) is 63.6. The second kappa shape index (κ2) is 15.0. The number of carboxylic acid groups (broad SMARTS) is 1. The molecule has 1 unspecified atom stereocenters. The summed E-state index contributed by atoms with van der Waals surface area (Å²) in [6.45, 7) is 3.01. The van der Waals surface area contributed by atoms with Crippen molar-refractivity contribution in [2.45, 2.75) is 36.5 Å². The Labute approximate surface area is 248 Å². The van der Waals surface area contributed by atoms with Crippen molar-refractivity contribution in [3.8, 4) is 11.4 Å². The molecule has 0 radical (unpaired) electrons. The first-order valence-electron chi connectivity index (χ1n) is 13.7. The van der Waals surface area contributed by atoms with Gasteiger partial charge in [0, 0.05) is 48.8 Å². The minimum atomic E-state index is -1.08. The average molecular weight is 592 g/mol. The van der Waals surface area contributed by atoms with Crippen molar-refractivity contribution in [3.05, 3.63) is 78.1 Å². The van der Waals surface area contributed by atoms with E-state index in [0.29, 0.717) is 17.3 Å². The maximum absolute atomic E-state index is 13.5. The smallest absolute Gasteiger partial charge is 0.409 e. The molecule has 3 amide bonds. The molecule has 0 aliphatic carbocycles. The maximum Gasteiger partial charge on any atom is 0.409 e. The van der Waals surface area contributed by atoms with Gasteiger partial charge >= 0.3 is 12.1 Å². The van der Waals surface area contributed by atoms with E-state index in [4.69, 9.17) is 4.74 Å². The van der Waals surface area contributed by atoms with Crippen molar-refractivity contribution in [2.24, 2.45) is 0 Å². The summed E-state index contributed by atoms with van der Waals surface area (Å²) in [5.41, 5.74) is 1.44. The molecular formula is C30H33N5O6S. The maximum atomic E-state index is 13.5. The van der Waals surface area contributed by atoms with Gasteiger partial charge in [-0.3, -0.25) is 14.4 Å². The third-order valence-corrected chi connectivity index (χ3v) is 7.59. The van der Waals surface area contributed by atoms with E-state index in [9.17, 15) is 24.3 Å². The molecule has 11 nitrogen and oxygen atoms in total. The van der Waals surface area contributed by atoms with Gasteiger partial charge < -0.3 is 25.0 Å². The summed E-state index contributed by atoms with van der Waals surface area (Å²) >= 11 is 1.57. The molecule has 1 fully saturated rings. The quantitative estimate of drug-likeness (QED) is 0.319. The lowest BCUT2D eigenvalue weighted by molar-refractivity contribution is -0.138. The number of hydrogen-bond donors (Lipinski definition) is 2. The van der Waals surface area contributed by atoms with Crippen LogP contribution >= 0.6 is 11.8 Å². The van der Waals surface area contributed by atoms with E-state index in [0.717, 1.165) is 10.5 Å². The van der Waals surface area contributed by atoms with E-state index < -0.39 is 29.9 Å². The van der Waals surface area contributed by atoms with Crippen molar-refractivity contribution in [3.63, 3.8) is 0 Å². The van der Waals surface area contributed by atoms with E-state index in [1.54, 1.807) is 24.8 Å². The van der Waals surface area contributed by atoms with Crippen molar-refractivity contribution in [1.29, 1.82) is 0 Å². The summed E-state index contributed by atoms with van der Waals surface area (Å²) in [5.74, 6) is -1.24. The van der Waals surface area contributed by atoms with Gasteiger partial charge in [0.15, 0.2) is 5.82 Å². The first-order chi connectivity index (χ1) is 20.3. The standard InChI is InChI=1S/C30H33N5O6S/c1-2-41-30(40)35-17-15-34(16-18-35)29(39)24(13-14-26(36)37)33-28(38)25-19-22(20-42-23-11-7-4-8-12-23)31-27(32-25)21-9-5-3-6-10-21/h3-12,19,24H,2,13-18,20H2,1H3,(H,33,38)(H,36,37). The predicted octanol–water partition coefficient (Wildman–Crippen LogP) is 3.70. The molecule has 0 saturated carbocycles. The lowest BCUT2D eigenvalue weighted by Crippen LogP contribution is -2.56. The minimum absolute atomic E-state index is 0.0766. The summed E-state index contributed by atoms with van der Waals surface area (Å²) < 4.78 is 5.03. The Morgan fingerprint density at radius 3 is 2.24 bits per heavy atom. The molecule has 220 valence electrons. The van der Waals surface area contributed by atoms with E-state index in [-0.39, 0.29) is 51.3 Å². The molecule has 1 atom stereocenters. The number of ether oxygens (including phenoxy) is 1. The van der Waals surface area contributed by atoms with Gasteiger partial charge in [-0.25, -0.2) is 14.8 Å². The van der Waals surface area contributed by atoms with Crippen molar-refractivity contribution in [1.82, 2.24) is 25.1 Å². The van der Waals surface area contributed by atoms with Crippen LogP contribution in [-0.2, 0) is 20.1 Å². The van der Waals surface area contributed by atoms with E-state index >= 15 is 0 Å². The van der Waals surface area contributed by atoms with Gasteiger partial charge in [0.05, 0.1) is 12.3 Å². The van der Waals surface area contributed by atoms with Gasteiger partial charge in [0.25, 0.3) is 5.91 Å². The van der Waals surface area contributed by atoms with E-state index in [1.165, 1.54) is 9.80 Å². The number of aliphatic carboxylic acids is 1. The van der Waals surface area contributed by atoms with Crippen LogP contribution in [0.4, 0.5) is 4.79 Å². The van der Waals surface area contributed by atoms with Crippen LogP contribution in [-0.4, -0.2) is 87.6 Å². The molecule has 12 heteroatoms. The lowest BCUT2D eigenvalue weighted by Gasteiger charge is -2.35. The zero-order valence-corrected chi connectivity index (χ0v) is 24.1. The molecule has 1 aromatic heterocycles. The van der Waals surface area contributed by atoms with Crippen LogP contribution in [0.5, 0.6) is 0 Å². The van der Waals surface area contributed by atoms with Crippen LogP contribution in [0.3, 0.4) is 0 Å². The Kier molecular flexibility index (Phi) is 10.9. The van der Waals surface area contributed by atoms with E-state index in [1.807, 2.05) is 60.7 Å². The van der Waals surface area contributed by atoms with Crippen molar-refractivity contribution >= 4 is 35.6 Å². The molecule has 4 rings (SSSR count). The molecule has 2 N–H and O–H groups in total. The predicted molar refractivity (Wildman–Crippen MR) is 157 cm³/mol. The van der Waals surface area contributed by atoms with Gasteiger partial charge in [-0.15, -0.1) is 11.8 Å². The zero-order chi connectivity index (χ0) is 29.9. The Bertz CT molecular complexity index is 1380. The van der Waals surface area contributed by atoms with Crippen LogP contribution in [0.25, 0.3) is 11.4 Å². The molecule has 42 heavy (non-hydrogen) atoms. The number of aromatic nitrogens is 2. The number of nitrogens with one attached hydrogen (secondary N) is 1. The number of nitrogens with zero attached hydrogens (tertiary/aromatic N) is 4. The van der Waals surface area contributed by atoms with Gasteiger partial charge in [-0.2, -0.15) is 0 Å². The van der Waals surface area contributed by atoms with Gasteiger partial charge in [-0.05, 0) is 31.5 Å². The topological polar surface area (TPSA) is 142 Å². The fourth-order valence-corrected chi connectivity index (χ4v) is 5.19. The fourth-order valence-electron chi connectivity index (χ4n) is 4.38. The second-order valence-electron chi connectivity index (χ2n) is 9.51. The lowest BCUT2D eigenvalue weighted by atomic mass is 10.1. The number of thioether (sulfide) groups is 1. The number of carboxylic acids is 1. The van der Waals surface area contributed by atoms with Crippen LogP contribution < -0.4 is 5.32 Å². The zero-order valence-electron chi connectivity index (χ0n) is 23.3. The average Bonchev–Trinajstić information content (AvgIpc) is 3.02. The van der Waals surface area contributed by atoms with Crippen molar-refractivity contribution in [2.75, 3.05) is 32.8 Å². The number of amides is 3. The van der Waals surface area contributed by atoms with Crippen LogP contribution in [0.15, 0.2) is 71.6 Å². The third kappa shape index (κ3) is 8.53. The number of piperazine rings is 1. The van der Waals surface area contributed by atoms with Crippen LogP contribution in [0, 0.1) is 0 Å². The molecule has 0 spiro atoms. The molecule has 2 aromatic carbocycles. The summed E-state index contributed by atoms with van der Waals surface area (Å²) in [7, 11) is 0. The molecule has 2 heterocycles. The Morgan fingerprint density at radius 2 is 1.60 bits per heavy atom. The minimum Gasteiger partial charge on any atom is -0.481 e. The molecule has 0 bridgehead atoms. The Hall–Kier alpha value is -4.45. The SMILES string of the molecule is CCOC(=O)N1CCN(C(=O)C(CCC(=O)O)NC(=O)c2cc(CSc3ccccc3)nc(-c3ccccc3)n2)CC1. The highest BCUT2D eigenvalue weighted by Gasteiger charge is 2.31. The molecular weight excluding hydrogens is 558 g/mol. The van der Waals surface area contributed by atoms with Gasteiger partial charge in [-0.1, -0.05) is 48.5 Å². The number of carbonyl (C=O) groups excluding carboxylic acids is 3. The second-order valence-corrected chi connectivity index (χ2v) is 10.6. The highest BCUT2D eigenvalue weighted by molar-refractivity contribution is 7.98. The van der Waals surface area contributed by atoms with E-state index in [2.05, 4.69) is 15.3 Å². The molecule has 1 aliphatic heterocycles. The largest absolute Gasteiger partial charge is 0.481 e. The summed E-state index contributed by atoms with van der Waals surface area (Å²) in [5, 5.41) is 12.0. The molecule has 1 saturated heterocycles.